The lowest BCUT2D eigenvalue weighted by atomic mass is 9.94. The van der Waals surface area contributed by atoms with Gasteiger partial charge in [-0.3, -0.25) is 4.79 Å². The monoisotopic (exact) mass is 276 g/mol. The molecule has 1 fully saturated rings. The SMILES string of the molecule is CC(C)(C(=O)N1CCCC(CCN)C1)S(C)(=O)=O. The van der Waals surface area contributed by atoms with Crippen molar-refractivity contribution in [2.45, 2.75) is 37.9 Å². The van der Waals surface area contributed by atoms with Crippen LogP contribution in [0.5, 0.6) is 0 Å². The maximum Gasteiger partial charge on any atom is 0.243 e. The third-order valence-corrected chi connectivity index (χ3v) is 5.85. The number of nitrogens with zero attached hydrogens (tertiary/aromatic N) is 1. The van der Waals surface area contributed by atoms with E-state index in [0.717, 1.165) is 25.5 Å². The van der Waals surface area contributed by atoms with Crippen molar-refractivity contribution in [3.05, 3.63) is 0 Å². The van der Waals surface area contributed by atoms with Crippen molar-refractivity contribution in [3.63, 3.8) is 0 Å². The Morgan fingerprint density at radius 3 is 2.56 bits per heavy atom. The van der Waals surface area contributed by atoms with Crippen LogP contribution in [0.3, 0.4) is 0 Å². The molecule has 1 heterocycles. The molecule has 1 aliphatic rings. The fourth-order valence-electron chi connectivity index (χ4n) is 2.26. The molecule has 0 bridgehead atoms. The average Bonchev–Trinajstić information content (AvgIpc) is 2.27. The van der Waals surface area contributed by atoms with Crippen molar-refractivity contribution in [2.75, 3.05) is 25.9 Å². The fourth-order valence-corrected chi connectivity index (χ4v) is 2.71. The maximum atomic E-state index is 12.3. The van der Waals surface area contributed by atoms with E-state index in [0.29, 0.717) is 25.6 Å². The summed E-state index contributed by atoms with van der Waals surface area (Å²) in [6.07, 6.45) is 4.01. The predicted molar refractivity (Wildman–Crippen MR) is 71.9 cm³/mol. The molecule has 2 N–H and O–H groups in total. The topological polar surface area (TPSA) is 80.5 Å². The number of rotatable bonds is 4. The molecule has 0 radical (unpaired) electrons. The molecule has 1 rings (SSSR count). The first kappa shape index (κ1) is 15.4. The normalized spacial score (nSPS) is 22.0. The number of nitrogens with two attached hydrogens (primary N) is 1. The van der Waals surface area contributed by atoms with E-state index in [1.54, 1.807) is 4.90 Å². The second-order valence-electron chi connectivity index (χ2n) is 5.62. The minimum Gasteiger partial charge on any atom is -0.341 e. The minimum absolute atomic E-state index is 0.285. The van der Waals surface area contributed by atoms with Gasteiger partial charge in [0.15, 0.2) is 9.84 Å². The number of amides is 1. The van der Waals surface area contributed by atoms with Gasteiger partial charge in [0.05, 0.1) is 0 Å². The molecule has 0 aromatic heterocycles. The van der Waals surface area contributed by atoms with Gasteiger partial charge in [-0.25, -0.2) is 8.42 Å². The zero-order valence-corrected chi connectivity index (χ0v) is 12.3. The van der Waals surface area contributed by atoms with E-state index in [2.05, 4.69) is 0 Å². The maximum absolute atomic E-state index is 12.3. The van der Waals surface area contributed by atoms with E-state index in [9.17, 15) is 13.2 Å². The molecule has 0 spiro atoms. The summed E-state index contributed by atoms with van der Waals surface area (Å²) in [5.74, 6) is 0.120. The molecule has 0 saturated carbocycles. The number of sulfone groups is 1. The molecule has 18 heavy (non-hydrogen) atoms. The summed E-state index contributed by atoms with van der Waals surface area (Å²) >= 11 is 0. The zero-order valence-electron chi connectivity index (χ0n) is 11.5. The van der Waals surface area contributed by atoms with Crippen LogP contribution in [0.15, 0.2) is 0 Å². The van der Waals surface area contributed by atoms with E-state index in [1.165, 1.54) is 13.8 Å². The van der Waals surface area contributed by atoms with E-state index in [-0.39, 0.29) is 5.91 Å². The van der Waals surface area contributed by atoms with Crippen molar-refractivity contribution in [3.8, 4) is 0 Å². The van der Waals surface area contributed by atoms with Crippen LogP contribution in [0, 0.1) is 5.92 Å². The van der Waals surface area contributed by atoms with Gasteiger partial charge < -0.3 is 10.6 Å². The molecule has 1 atom stereocenters. The summed E-state index contributed by atoms with van der Waals surface area (Å²) in [5.41, 5.74) is 5.54. The zero-order chi connectivity index (χ0) is 14.0. The van der Waals surface area contributed by atoms with E-state index in [4.69, 9.17) is 5.73 Å². The van der Waals surface area contributed by atoms with Gasteiger partial charge in [-0.2, -0.15) is 0 Å². The summed E-state index contributed by atoms with van der Waals surface area (Å²) in [7, 11) is -3.40. The highest BCUT2D eigenvalue weighted by atomic mass is 32.2. The third-order valence-electron chi connectivity index (χ3n) is 3.82. The molecule has 1 aliphatic heterocycles. The van der Waals surface area contributed by atoms with Crippen LogP contribution in [-0.2, 0) is 14.6 Å². The fraction of sp³-hybridized carbons (Fsp3) is 0.917. The molecule has 0 aromatic rings. The standard InChI is InChI=1S/C12H24N2O3S/c1-12(2,18(3,16)17)11(15)14-8-4-5-10(9-14)6-7-13/h10H,4-9,13H2,1-3H3. The van der Waals surface area contributed by atoms with Crippen LogP contribution >= 0.6 is 0 Å². The van der Waals surface area contributed by atoms with E-state index in [1.807, 2.05) is 0 Å². The van der Waals surface area contributed by atoms with Gasteiger partial charge in [-0.15, -0.1) is 0 Å². The Balaban J connectivity index is 2.78. The van der Waals surface area contributed by atoms with Crippen molar-refractivity contribution in [2.24, 2.45) is 11.7 Å². The van der Waals surface area contributed by atoms with Gasteiger partial charge in [0.2, 0.25) is 5.91 Å². The van der Waals surface area contributed by atoms with E-state index >= 15 is 0 Å². The largest absolute Gasteiger partial charge is 0.341 e. The number of likely N-dealkylation sites (tertiary alicyclic amines) is 1. The Kier molecular flexibility index (Phi) is 4.78. The second kappa shape index (κ2) is 5.57. The first-order chi connectivity index (χ1) is 8.20. The molecular formula is C12H24N2O3S. The quantitative estimate of drug-likeness (QED) is 0.806. The minimum atomic E-state index is -3.40. The second-order valence-corrected chi connectivity index (χ2v) is 8.18. The summed E-state index contributed by atoms with van der Waals surface area (Å²) in [6.45, 7) is 4.87. The lowest BCUT2D eigenvalue weighted by Gasteiger charge is -2.36. The molecule has 1 amide bonds. The number of piperidine rings is 1. The first-order valence-corrected chi connectivity index (χ1v) is 8.28. The Bertz CT molecular complexity index is 402. The van der Waals surface area contributed by atoms with Crippen LogP contribution in [0.1, 0.15) is 33.1 Å². The highest BCUT2D eigenvalue weighted by molar-refractivity contribution is 7.92. The van der Waals surface area contributed by atoms with Crippen molar-refractivity contribution >= 4 is 15.7 Å². The molecule has 106 valence electrons. The molecule has 1 unspecified atom stereocenters. The Morgan fingerprint density at radius 1 is 1.44 bits per heavy atom. The average molecular weight is 276 g/mol. The summed E-state index contributed by atoms with van der Waals surface area (Å²) in [4.78, 5) is 14.0. The third kappa shape index (κ3) is 3.23. The lowest BCUT2D eigenvalue weighted by molar-refractivity contribution is -0.135. The molecule has 1 saturated heterocycles. The summed E-state index contributed by atoms with van der Waals surface area (Å²) < 4.78 is 22.0. The first-order valence-electron chi connectivity index (χ1n) is 6.39. The summed E-state index contributed by atoms with van der Waals surface area (Å²) in [6, 6.07) is 0. The lowest BCUT2D eigenvalue weighted by Crippen LogP contribution is -2.52. The van der Waals surface area contributed by atoms with Crippen LogP contribution in [0.25, 0.3) is 0 Å². The molecular weight excluding hydrogens is 252 g/mol. The van der Waals surface area contributed by atoms with Crippen LogP contribution < -0.4 is 5.73 Å². The number of carbonyl (C=O) groups excluding carboxylic acids is 1. The number of hydrogen-bond acceptors (Lipinski definition) is 4. The van der Waals surface area contributed by atoms with Gasteiger partial charge >= 0.3 is 0 Å². The number of hydrogen-bond donors (Lipinski definition) is 1. The number of carbonyl (C=O) groups is 1. The van der Waals surface area contributed by atoms with Gasteiger partial charge in [0.25, 0.3) is 0 Å². The Morgan fingerprint density at radius 2 is 2.06 bits per heavy atom. The predicted octanol–water partition coefficient (Wildman–Crippen LogP) is 0.397. The van der Waals surface area contributed by atoms with E-state index < -0.39 is 14.6 Å². The smallest absolute Gasteiger partial charge is 0.243 e. The molecule has 0 aliphatic carbocycles. The van der Waals surface area contributed by atoms with Crippen LogP contribution in [0.4, 0.5) is 0 Å². The highest BCUT2D eigenvalue weighted by Crippen LogP contribution is 2.24. The summed E-state index contributed by atoms with van der Waals surface area (Å²) in [5, 5.41) is 0. The van der Waals surface area contributed by atoms with Gasteiger partial charge in [-0.05, 0) is 45.6 Å². The van der Waals surface area contributed by atoms with Gasteiger partial charge in [0.1, 0.15) is 4.75 Å². The molecule has 6 heteroatoms. The Hall–Kier alpha value is -0.620. The van der Waals surface area contributed by atoms with Crippen molar-refractivity contribution in [1.29, 1.82) is 0 Å². The Labute approximate surface area is 110 Å². The molecule has 0 aromatic carbocycles. The molecule has 5 nitrogen and oxygen atoms in total. The van der Waals surface area contributed by atoms with Gasteiger partial charge in [-0.1, -0.05) is 0 Å². The van der Waals surface area contributed by atoms with Gasteiger partial charge in [0, 0.05) is 19.3 Å². The van der Waals surface area contributed by atoms with Crippen LogP contribution in [-0.4, -0.2) is 49.9 Å². The van der Waals surface area contributed by atoms with Crippen molar-refractivity contribution < 1.29 is 13.2 Å². The van der Waals surface area contributed by atoms with Crippen LogP contribution in [0.2, 0.25) is 0 Å². The van der Waals surface area contributed by atoms with Crippen molar-refractivity contribution in [1.82, 2.24) is 4.90 Å². The highest BCUT2D eigenvalue weighted by Gasteiger charge is 2.42.